The smallest absolute Gasteiger partial charge is 0.109 e. The summed E-state index contributed by atoms with van der Waals surface area (Å²) in [7, 11) is 0. The van der Waals surface area contributed by atoms with Crippen molar-refractivity contribution in [3.63, 3.8) is 0 Å². The number of nitrogens with one attached hydrogen (secondary N) is 1. The lowest BCUT2D eigenvalue weighted by Gasteiger charge is -2.10. The Bertz CT molecular complexity index is 196. The quantitative estimate of drug-likeness (QED) is 0.558. The molecule has 1 aliphatic heterocycles. The maximum Gasteiger partial charge on any atom is 0.109 e. The van der Waals surface area contributed by atoms with Crippen LogP contribution >= 0.6 is 0 Å². The molecule has 82 valence electrons. The third-order valence-corrected chi connectivity index (χ3v) is 2.70. The van der Waals surface area contributed by atoms with E-state index in [4.69, 9.17) is 0 Å². The molecule has 0 saturated carbocycles. The van der Waals surface area contributed by atoms with Gasteiger partial charge in [0.15, 0.2) is 0 Å². The second-order valence-corrected chi connectivity index (χ2v) is 3.90. The van der Waals surface area contributed by atoms with E-state index in [2.05, 4.69) is 32.2 Å². The van der Waals surface area contributed by atoms with Gasteiger partial charge in [-0.05, 0) is 25.0 Å². The number of allylic oxidation sites excluding steroid dienone is 3. The SMILES string of the molecule is CCCCCCC[NH+]1C=CC=C1C.[Cl-]. The summed E-state index contributed by atoms with van der Waals surface area (Å²) in [5.74, 6) is 0. The number of halogens is 1. The van der Waals surface area contributed by atoms with E-state index in [1.807, 2.05) is 0 Å². The molecule has 0 saturated heterocycles. The van der Waals surface area contributed by atoms with Crippen molar-refractivity contribution in [3.05, 3.63) is 24.0 Å². The van der Waals surface area contributed by atoms with Gasteiger partial charge in [0.05, 0.1) is 12.7 Å². The Morgan fingerprint density at radius 2 is 1.86 bits per heavy atom. The third kappa shape index (κ3) is 4.83. The molecule has 0 aliphatic carbocycles. The Labute approximate surface area is 94.3 Å². The molecule has 1 rings (SSSR count). The molecule has 0 radical (unpaired) electrons. The molecule has 0 amide bonds. The fraction of sp³-hybridized carbons (Fsp3) is 0.667. The van der Waals surface area contributed by atoms with Crippen LogP contribution in [0.3, 0.4) is 0 Å². The van der Waals surface area contributed by atoms with Gasteiger partial charge in [-0.2, -0.15) is 0 Å². The minimum atomic E-state index is 0. The van der Waals surface area contributed by atoms with Crippen LogP contribution in [0.1, 0.15) is 46.0 Å². The Morgan fingerprint density at radius 1 is 1.14 bits per heavy atom. The van der Waals surface area contributed by atoms with Gasteiger partial charge < -0.3 is 12.4 Å². The molecular weight excluding hydrogens is 194 g/mol. The van der Waals surface area contributed by atoms with Gasteiger partial charge >= 0.3 is 0 Å². The van der Waals surface area contributed by atoms with Crippen LogP contribution in [0.4, 0.5) is 0 Å². The molecule has 0 aromatic rings. The summed E-state index contributed by atoms with van der Waals surface area (Å²) >= 11 is 0. The average molecular weight is 216 g/mol. The zero-order valence-electron chi connectivity index (χ0n) is 9.35. The first-order valence-electron chi connectivity index (χ1n) is 5.55. The van der Waals surface area contributed by atoms with E-state index in [-0.39, 0.29) is 12.4 Å². The summed E-state index contributed by atoms with van der Waals surface area (Å²) < 4.78 is 0. The Balaban J connectivity index is 0.00000169. The first-order valence-corrected chi connectivity index (χ1v) is 5.55. The highest BCUT2D eigenvalue weighted by Gasteiger charge is 2.10. The van der Waals surface area contributed by atoms with Gasteiger partial charge in [0.25, 0.3) is 0 Å². The van der Waals surface area contributed by atoms with Crippen molar-refractivity contribution in [1.82, 2.24) is 0 Å². The fourth-order valence-corrected chi connectivity index (χ4v) is 1.75. The van der Waals surface area contributed by atoms with Crippen molar-refractivity contribution in [2.45, 2.75) is 46.0 Å². The van der Waals surface area contributed by atoms with Crippen molar-refractivity contribution in [2.75, 3.05) is 6.54 Å². The van der Waals surface area contributed by atoms with E-state index >= 15 is 0 Å². The lowest BCUT2D eigenvalue weighted by atomic mass is 10.1. The van der Waals surface area contributed by atoms with Crippen molar-refractivity contribution < 1.29 is 17.3 Å². The molecule has 0 spiro atoms. The van der Waals surface area contributed by atoms with Crippen LogP contribution in [0.25, 0.3) is 0 Å². The number of rotatable bonds is 6. The predicted molar refractivity (Wildman–Crippen MR) is 57.5 cm³/mol. The molecule has 0 aromatic heterocycles. The summed E-state index contributed by atoms with van der Waals surface area (Å²) in [6.45, 7) is 5.76. The van der Waals surface area contributed by atoms with Crippen molar-refractivity contribution >= 4 is 0 Å². The highest BCUT2D eigenvalue weighted by molar-refractivity contribution is 5.08. The molecule has 0 bridgehead atoms. The fourth-order valence-electron chi connectivity index (χ4n) is 1.75. The van der Waals surface area contributed by atoms with Gasteiger partial charge in [-0.1, -0.05) is 26.2 Å². The summed E-state index contributed by atoms with van der Waals surface area (Å²) in [6, 6.07) is 0. The van der Waals surface area contributed by atoms with Crippen LogP contribution in [0.5, 0.6) is 0 Å². The normalized spacial score (nSPS) is 19.3. The second-order valence-electron chi connectivity index (χ2n) is 3.90. The number of hydrogen-bond acceptors (Lipinski definition) is 0. The highest BCUT2D eigenvalue weighted by Crippen LogP contribution is 2.01. The molecule has 1 aliphatic rings. The molecule has 14 heavy (non-hydrogen) atoms. The molecule has 2 heteroatoms. The van der Waals surface area contributed by atoms with Gasteiger partial charge in [0, 0.05) is 6.92 Å². The Hall–Kier alpha value is -0.270. The lowest BCUT2D eigenvalue weighted by molar-refractivity contribution is -0.802. The van der Waals surface area contributed by atoms with Crippen molar-refractivity contribution in [2.24, 2.45) is 0 Å². The topological polar surface area (TPSA) is 4.44 Å². The van der Waals surface area contributed by atoms with E-state index in [1.54, 1.807) is 4.90 Å². The lowest BCUT2D eigenvalue weighted by Crippen LogP contribution is -3.04. The summed E-state index contributed by atoms with van der Waals surface area (Å²) in [4.78, 5) is 1.55. The maximum absolute atomic E-state index is 2.27. The number of hydrogen-bond donors (Lipinski definition) is 1. The van der Waals surface area contributed by atoms with Gasteiger partial charge in [-0.25, -0.2) is 0 Å². The van der Waals surface area contributed by atoms with Crippen LogP contribution in [0.15, 0.2) is 24.0 Å². The van der Waals surface area contributed by atoms with Crippen LogP contribution in [-0.2, 0) is 0 Å². The van der Waals surface area contributed by atoms with Crippen molar-refractivity contribution in [3.8, 4) is 0 Å². The Kier molecular flexibility index (Phi) is 7.92. The minimum Gasteiger partial charge on any atom is -1.00 e. The van der Waals surface area contributed by atoms with E-state index in [1.165, 1.54) is 44.3 Å². The standard InChI is InChI=1S/C12H21N.ClH/c1-3-4-5-6-7-10-13-11-8-9-12(13)2;/h8-9,11H,3-7,10H2,1-2H3;1H. The summed E-state index contributed by atoms with van der Waals surface area (Å²) in [6.07, 6.45) is 13.6. The summed E-state index contributed by atoms with van der Waals surface area (Å²) in [5.41, 5.74) is 1.47. The van der Waals surface area contributed by atoms with E-state index < -0.39 is 0 Å². The molecule has 0 aromatic carbocycles. The van der Waals surface area contributed by atoms with Crippen molar-refractivity contribution in [1.29, 1.82) is 0 Å². The zero-order valence-corrected chi connectivity index (χ0v) is 10.1. The Morgan fingerprint density at radius 3 is 2.43 bits per heavy atom. The van der Waals surface area contributed by atoms with Gasteiger partial charge in [-0.15, -0.1) is 0 Å². The molecule has 1 atom stereocenters. The second kappa shape index (κ2) is 8.07. The van der Waals surface area contributed by atoms with Gasteiger partial charge in [-0.3, -0.25) is 4.90 Å². The largest absolute Gasteiger partial charge is 1.00 e. The van der Waals surface area contributed by atoms with Gasteiger partial charge in [0.1, 0.15) is 5.70 Å². The monoisotopic (exact) mass is 215 g/mol. The van der Waals surface area contributed by atoms with Crippen LogP contribution < -0.4 is 17.3 Å². The van der Waals surface area contributed by atoms with E-state index in [0.29, 0.717) is 0 Å². The predicted octanol–water partition coefficient (Wildman–Crippen LogP) is -0.723. The van der Waals surface area contributed by atoms with E-state index in [9.17, 15) is 0 Å². The molecule has 1 N–H and O–H groups in total. The van der Waals surface area contributed by atoms with Crippen LogP contribution in [0, 0.1) is 0 Å². The van der Waals surface area contributed by atoms with Crippen LogP contribution in [-0.4, -0.2) is 6.54 Å². The average Bonchev–Trinajstić information content (AvgIpc) is 2.52. The molecule has 0 fully saturated rings. The first-order chi connectivity index (χ1) is 6.34. The van der Waals surface area contributed by atoms with Crippen LogP contribution in [0.2, 0.25) is 0 Å². The molecule has 1 unspecified atom stereocenters. The molecule has 1 heterocycles. The molecule has 1 nitrogen and oxygen atoms in total. The first kappa shape index (κ1) is 13.7. The maximum atomic E-state index is 2.27. The number of quaternary nitrogens is 1. The third-order valence-electron chi connectivity index (χ3n) is 2.70. The number of unbranched alkanes of at least 4 members (excludes halogenated alkanes) is 4. The van der Waals surface area contributed by atoms with Gasteiger partial charge in [0.2, 0.25) is 0 Å². The highest BCUT2D eigenvalue weighted by atomic mass is 35.5. The zero-order chi connectivity index (χ0) is 9.52. The minimum absolute atomic E-state index is 0. The van der Waals surface area contributed by atoms with E-state index in [0.717, 1.165) is 0 Å². The summed E-state index contributed by atoms with van der Waals surface area (Å²) in [5, 5.41) is 0. The molecular formula is C12H22ClN.